The summed E-state index contributed by atoms with van der Waals surface area (Å²) in [6, 6.07) is 2.19. The molecule has 1 atom stereocenters. The highest BCUT2D eigenvalue weighted by atomic mass is 32.1. The van der Waals surface area contributed by atoms with Crippen molar-refractivity contribution in [1.29, 1.82) is 0 Å². The lowest BCUT2D eigenvalue weighted by atomic mass is 10.2. The molecule has 1 unspecified atom stereocenters. The average molecular weight is 346 g/mol. The molecule has 1 aliphatic rings. The second-order valence-corrected chi connectivity index (χ2v) is 6.60. The third-order valence-corrected chi connectivity index (χ3v) is 5.00. The van der Waals surface area contributed by atoms with E-state index in [2.05, 4.69) is 14.9 Å². The molecular weight excluding hydrogens is 324 g/mol. The van der Waals surface area contributed by atoms with Gasteiger partial charge in [-0.2, -0.15) is 11.3 Å². The van der Waals surface area contributed by atoms with Crippen molar-refractivity contribution >= 4 is 23.1 Å². The minimum Gasteiger partial charge on any atom is -0.475 e. The van der Waals surface area contributed by atoms with Gasteiger partial charge in [-0.3, -0.25) is 4.79 Å². The number of nitrogens with zero attached hydrogens (tertiary/aromatic N) is 4. The van der Waals surface area contributed by atoms with Crippen LogP contribution in [-0.4, -0.2) is 53.6 Å². The molecule has 6 nitrogen and oxygen atoms in total. The van der Waals surface area contributed by atoms with Crippen LogP contribution < -0.4 is 9.64 Å². The monoisotopic (exact) mass is 346 g/mol. The zero-order valence-corrected chi connectivity index (χ0v) is 14.8. The Labute approximate surface area is 146 Å². The smallest absolute Gasteiger partial charge is 0.257 e. The molecule has 0 spiro atoms. The number of carbonyl (C=O) groups excluding carboxylic acids is 1. The average Bonchev–Trinajstić information content (AvgIpc) is 3.26. The van der Waals surface area contributed by atoms with E-state index in [0.717, 1.165) is 30.9 Å². The number of rotatable bonds is 6. The van der Waals surface area contributed by atoms with E-state index >= 15 is 0 Å². The van der Waals surface area contributed by atoms with Crippen LogP contribution in [-0.2, 0) is 11.2 Å². The number of amides is 1. The molecule has 0 saturated carbocycles. The summed E-state index contributed by atoms with van der Waals surface area (Å²) < 4.78 is 5.57. The minimum absolute atomic E-state index is 0.157. The van der Waals surface area contributed by atoms with Gasteiger partial charge in [-0.25, -0.2) is 9.97 Å². The Hall–Kier alpha value is -2.15. The van der Waals surface area contributed by atoms with E-state index in [0.29, 0.717) is 18.9 Å². The predicted octanol–water partition coefficient (Wildman–Crippen LogP) is 2.22. The SMILES string of the molecule is CCOc1nccnc1N1CCC(N(C)C(=O)Cc2ccsc2)C1. The van der Waals surface area contributed by atoms with Crippen LogP contribution in [0.15, 0.2) is 29.2 Å². The van der Waals surface area contributed by atoms with Crippen LogP contribution in [0, 0.1) is 0 Å². The van der Waals surface area contributed by atoms with E-state index in [1.807, 2.05) is 35.7 Å². The third kappa shape index (κ3) is 3.67. The van der Waals surface area contributed by atoms with Crippen molar-refractivity contribution in [3.8, 4) is 5.88 Å². The van der Waals surface area contributed by atoms with Crippen molar-refractivity contribution in [1.82, 2.24) is 14.9 Å². The fourth-order valence-corrected chi connectivity index (χ4v) is 3.59. The number of likely N-dealkylation sites (N-methyl/N-ethyl adjacent to an activating group) is 1. The second-order valence-electron chi connectivity index (χ2n) is 5.82. The normalized spacial score (nSPS) is 17.1. The first kappa shape index (κ1) is 16.7. The molecule has 1 aliphatic heterocycles. The first-order valence-electron chi connectivity index (χ1n) is 8.14. The molecule has 3 rings (SSSR count). The van der Waals surface area contributed by atoms with Crippen molar-refractivity contribution in [3.05, 3.63) is 34.8 Å². The molecule has 1 amide bonds. The number of aromatic nitrogens is 2. The molecule has 0 radical (unpaired) electrons. The van der Waals surface area contributed by atoms with Crippen LogP contribution >= 0.6 is 11.3 Å². The van der Waals surface area contributed by atoms with Crippen molar-refractivity contribution < 1.29 is 9.53 Å². The topological polar surface area (TPSA) is 58.6 Å². The molecule has 2 aromatic rings. The fraction of sp³-hybridized carbons (Fsp3) is 0.471. The molecule has 0 bridgehead atoms. The highest BCUT2D eigenvalue weighted by Crippen LogP contribution is 2.27. The van der Waals surface area contributed by atoms with Gasteiger partial charge in [-0.05, 0) is 35.7 Å². The highest BCUT2D eigenvalue weighted by molar-refractivity contribution is 7.08. The molecule has 1 saturated heterocycles. The van der Waals surface area contributed by atoms with E-state index < -0.39 is 0 Å². The summed E-state index contributed by atoms with van der Waals surface area (Å²) in [5, 5.41) is 4.03. The Balaban J connectivity index is 1.63. The van der Waals surface area contributed by atoms with Crippen LogP contribution in [0.5, 0.6) is 5.88 Å². The molecular formula is C17H22N4O2S. The number of hydrogen-bond acceptors (Lipinski definition) is 6. The Morgan fingerprint density at radius 3 is 3.04 bits per heavy atom. The summed E-state index contributed by atoms with van der Waals surface area (Å²) in [5.41, 5.74) is 1.08. The third-order valence-electron chi connectivity index (χ3n) is 4.27. The van der Waals surface area contributed by atoms with Crippen LogP contribution in [0.3, 0.4) is 0 Å². The molecule has 0 N–H and O–H groups in total. The summed E-state index contributed by atoms with van der Waals surface area (Å²) in [6.45, 7) is 4.09. The van der Waals surface area contributed by atoms with Crippen LogP contribution in [0.2, 0.25) is 0 Å². The van der Waals surface area contributed by atoms with Gasteiger partial charge in [0.2, 0.25) is 5.91 Å². The molecule has 0 aliphatic carbocycles. The minimum atomic E-state index is 0.157. The summed E-state index contributed by atoms with van der Waals surface area (Å²) >= 11 is 1.62. The standard InChI is InChI=1S/C17H22N4O2S/c1-3-23-17-16(18-6-7-19-17)21-8-4-14(11-21)20(2)15(22)10-13-5-9-24-12-13/h5-7,9,12,14H,3-4,8,10-11H2,1-2H3. The van der Waals surface area contributed by atoms with E-state index in [9.17, 15) is 4.79 Å². The van der Waals surface area contributed by atoms with E-state index in [-0.39, 0.29) is 11.9 Å². The van der Waals surface area contributed by atoms with Gasteiger partial charge >= 0.3 is 0 Å². The van der Waals surface area contributed by atoms with Crippen LogP contribution in [0.1, 0.15) is 18.9 Å². The van der Waals surface area contributed by atoms with Gasteiger partial charge < -0.3 is 14.5 Å². The quantitative estimate of drug-likeness (QED) is 0.803. The molecule has 2 aromatic heterocycles. The van der Waals surface area contributed by atoms with Crippen molar-refractivity contribution in [3.63, 3.8) is 0 Å². The largest absolute Gasteiger partial charge is 0.475 e. The van der Waals surface area contributed by atoms with Crippen LogP contribution in [0.25, 0.3) is 0 Å². The number of thiophene rings is 1. The molecule has 24 heavy (non-hydrogen) atoms. The van der Waals surface area contributed by atoms with E-state index in [1.165, 1.54) is 0 Å². The van der Waals surface area contributed by atoms with Gasteiger partial charge in [0.1, 0.15) is 0 Å². The maximum Gasteiger partial charge on any atom is 0.257 e. The molecule has 7 heteroatoms. The van der Waals surface area contributed by atoms with E-state index in [1.54, 1.807) is 23.7 Å². The van der Waals surface area contributed by atoms with Gasteiger partial charge in [0.15, 0.2) is 5.82 Å². The maximum atomic E-state index is 12.5. The fourth-order valence-electron chi connectivity index (χ4n) is 2.92. The Morgan fingerprint density at radius 1 is 1.46 bits per heavy atom. The van der Waals surface area contributed by atoms with Crippen molar-refractivity contribution in [2.24, 2.45) is 0 Å². The predicted molar refractivity (Wildman–Crippen MR) is 94.6 cm³/mol. The zero-order valence-electron chi connectivity index (χ0n) is 14.0. The molecule has 128 valence electrons. The summed E-state index contributed by atoms with van der Waals surface area (Å²) in [6.07, 6.45) is 4.70. The second kappa shape index (κ2) is 7.61. The number of anilines is 1. The Morgan fingerprint density at radius 2 is 2.29 bits per heavy atom. The van der Waals surface area contributed by atoms with Crippen molar-refractivity contribution in [2.45, 2.75) is 25.8 Å². The highest BCUT2D eigenvalue weighted by Gasteiger charge is 2.30. The van der Waals surface area contributed by atoms with Crippen LogP contribution in [0.4, 0.5) is 5.82 Å². The Kier molecular flexibility index (Phi) is 5.30. The number of carbonyl (C=O) groups is 1. The maximum absolute atomic E-state index is 12.5. The first-order chi connectivity index (χ1) is 11.7. The first-order valence-corrected chi connectivity index (χ1v) is 9.08. The lowest BCUT2D eigenvalue weighted by Crippen LogP contribution is -2.40. The summed E-state index contributed by atoms with van der Waals surface area (Å²) in [7, 11) is 1.89. The van der Waals surface area contributed by atoms with Gasteiger partial charge in [0, 0.05) is 32.5 Å². The Bertz CT molecular complexity index is 677. The summed E-state index contributed by atoms with van der Waals surface area (Å²) in [5.74, 6) is 1.48. The summed E-state index contributed by atoms with van der Waals surface area (Å²) in [4.78, 5) is 25.2. The number of ether oxygens (including phenoxy) is 1. The molecule has 0 aromatic carbocycles. The van der Waals surface area contributed by atoms with E-state index in [4.69, 9.17) is 4.74 Å². The zero-order chi connectivity index (χ0) is 16.9. The lowest BCUT2D eigenvalue weighted by molar-refractivity contribution is -0.130. The van der Waals surface area contributed by atoms with Gasteiger partial charge in [-0.1, -0.05) is 0 Å². The lowest BCUT2D eigenvalue weighted by Gasteiger charge is -2.25. The van der Waals surface area contributed by atoms with Gasteiger partial charge in [-0.15, -0.1) is 0 Å². The molecule has 1 fully saturated rings. The van der Waals surface area contributed by atoms with Gasteiger partial charge in [0.25, 0.3) is 5.88 Å². The number of hydrogen-bond donors (Lipinski definition) is 0. The molecule has 3 heterocycles. The van der Waals surface area contributed by atoms with Crippen molar-refractivity contribution in [2.75, 3.05) is 31.6 Å². The van der Waals surface area contributed by atoms with Gasteiger partial charge in [0.05, 0.1) is 19.1 Å².